The van der Waals surface area contributed by atoms with Crippen LogP contribution in [0, 0.1) is 0 Å². The van der Waals surface area contributed by atoms with Crippen LogP contribution in [0.15, 0.2) is 115 Å². The first-order valence-corrected chi connectivity index (χ1v) is 17.9. The van der Waals surface area contributed by atoms with Crippen LogP contribution < -0.4 is 4.90 Å². The molecule has 2 fully saturated rings. The van der Waals surface area contributed by atoms with Crippen molar-refractivity contribution in [3.63, 3.8) is 0 Å². The van der Waals surface area contributed by atoms with Gasteiger partial charge in [0.2, 0.25) is 0 Å². The van der Waals surface area contributed by atoms with E-state index >= 15 is 0 Å². The maximum absolute atomic E-state index is 14.1. The SMILES string of the molecule is O=C(c1ccc2ccccc2c1)c1ccccc1N1CCC[C@](CCCN2CCC(O)(c3ccccc3)CC2)(c2ccc(Cl)c(Cl)c2)C1. The number of hydrogen-bond donors (Lipinski definition) is 1. The molecular formula is C42H42Cl2N2O2. The first-order valence-electron chi connectivity index (χ1n) is 17.2. The van der Waals surface area contributed by atoms with Gasteiger partial charge in [0.15, 0.2) is 5.78 Å². The highest BCUT2D eigenvalue weighted by atomic mass is 35.5. The lowest BCUT2D eigenvalue weighted by Gasteiger charge is -2.45. The minimum Gasteiger partial charge on any atom is -0.385 e. The van der Waals surface area contributed by atoms with E-state index in [9.17, 15) is 9.90 Å². The van der Waals surface area contributed by atoms with Crippen LogP contribution in [0.4, 0.5) is 5.69 Å². The Kier molecular flexibility index (Phi) is 9.62. The van der Waals surface area contributed by atoms with Crippen LogP contribution in [-0.4, -0.2) is 48.5 Å². The molecule has 4 nitrogen and oxygen atoms in total. The molecule has 246 valence electrons. The van der Waals surface area contributed by atoms with Crippen molar-refractivity contribution >= 4 is 45.4 Å². The Morgan fingerprint density at radius 3 is 2.23 bits per heavy atom. The Balaban J connectivity index is 1.11. The zero-order valence-corrected chi connectivity index (χ0v) is 28.8. The molecule has 0 bridgehead atoms. The molecule has 48 heavy (non-hydrogen) atoms. The predicted molar refractivity (Wildman–Crippen MR) is 199 cm³/mol. The van der Waals surface area contributed by atoms with Crippen LogP contribution in [0.1, 0.15) is 65.6 Å². The zero-order chi connectivity index (χ0) is 33.1. The maximum atomic E-state index is 14.1. The minimum absolute atomic E-state index is 0.0441. The number of para-hydroxylation sites is 1. The van der Waals surface area contributed by atoms with Crippen molar-refractivity contribution in [1.82, 2.24) is 4.90 Å². The lowest BCUT2D eigenvalue weighted by Crippen LogP contribution is -2.47. The number of aliphatic hydroxyl groups is 1. The number of ketones is 1. The second kappa shape index (κ2) is 14.1. The van der Waals surface area contributed by atoms with E-state index in [-0.39, 0.29) is 11.2 Å². The summed E-state index contributed by atoms with van der Waals surface area (Å²) >= 11 is 13.0. The van der Waals surface area contributed by atoms with Crippen molar-refractivity contribution in [2.45, 2.75) is 49.5 Å². The fourth-order valence-electron chi connectivity index (χ4n) is 8.00. The van der Waals surface area contributed by atoms with Gasteiger partial charge in [-0.15, -0.1) is 0 Å². The number of piperidine rings is 2. The minimum atomic E-state index is -0.749. The maximum Gasteiger partial charge on any atom is 0.195 e. The molecule has 1 atom stereocenters. The predicted octanol–water partition coefficient (Wildman–Crippen LogP) is 9.68. The first-order chi connectivity index (χ1) is 23.3. The summed E-state index contributed by atoms with van der Waals surface area (Å²) in [6.45, 7) is 4.41. The Morgan fingerprint density at radius 1 is 0.708 bits per heavy atom. The summed E-state index contributed by atoms with van der Waals surface area (Å²) in [6, 6.07) is 38.4. The van der Waals surface area contributed by atoms with Gasteiger partial charge in [-0.1, -0.05) is 108 Å². The summed E-state index contributed by atoms with van der Waals surface area (Å²) in [5.41, 5.74) is 3.75. The normalized spacial score (nSPS) is 19.8. The van der Waals surface area contributed by atoms with E-state index in [1.165, 1.54) is 5.56 Å². The van der Waals surface area contributed by atoms with Crippen LogP contribution in [0.25, 0.3) is 10.8 Å². The van der Waals surface area contributed by atoms with Gasteiger partial charge in [-0.05, 0) is 97.3 Å². The molecule has 0 aliphatic carbocycles. The Bertz CT molecular complexity index is 1900. The van der Waals surface area contributed by atoms with Crippen LogP contribution >= 0.6 is 23.2 Å². The van der Waals surface area contributed by atoms with Gasteiger partial charge < -0.3 is 14.9 Å². The lowest BCUT2D eigenvalue weighted by molar-refractivity contribution is -0.0264. The van der Waals surface area contributed by atoms with E-state index < -0.39 is 5.60 Å². The summed E-state index contributed by atoms with van der Waals surface area (Å²) in [5.74, 6) is 0.0441. The molecule has 0 unspecified atom stereocenters. The average Bonchev–Trinajstić information content (AvgIpc) is 3.13. The number of benzene rings is 5. The van der Waals surface area contributed by atoms with E-state index in [1.807, 2.05) is 84.9 Å². The smallest absolute Gasteiger partial charge is 0.195 e. The van der Waals surface area contributed by atoms with Crippen molar-refractivity contribution in [3.05, 3.63) is 148 Å². The third kappa shape index (κ3) is 6.77. The van der Waals surface area contributed by atoms with Crippen molar-refractivity contribution < 1.29 is 9.90 Å². The molecule has 0 aromatic heterocycles. The molecule has 5 aromatic rings. The fraction of sp³-hybridized carbons (Fsp3) is 0.310. The molecule has 0 saturated carbocycles. The molecule has 5 aromatic carbocycles. The van der Waals surface area contributed by atoms with Gasteiger partial charge in [0, 0.05) is 48.4 Å². The number of anilines is 1. The molecule has 2 aliphatic heterocycles. The van der Waals surface area contributed by atoms with E-state index in [1.54, 1.807) is 0 Å². The molecule has 0 spiro atoms. The highest BCUT2D eigenvalue weighted by Gasteiger charge is 2.39. The molecule has 2 aliphatic rings. The molecule has 7 rings (SSSR count). The Labute approximate surface area is 293 Å². The number of carbonyl (C=O) groups excluding carboxylic acids is 1. The Morgan fingerprint density at radius 2 is 1.44 bits per heavy atom. The topological polar surface area (TPSA) is 43.8 Å². The van der Waals surface area contributed by atoms with Crippen LogP contribution in [0.5, 0.6) is 0 Å². The second-order valence-electron chi connectivity index (χ2n) is 13.7. The summed E-state index contributed by atoms with van der Waals surface area (Å²) in [7, 11) is 0. The zero-order valence-electron chi connectivity index (χ0n) is 27.3. The summed E-state index contributed by atoms with van der Waals surface area (Å²) in [6.07, 6.45) is 5.54. The molecule has 1 N–H and O–H groups in total. The van der Waals surface area contributed by atoms with Crippen molar-refractivity contribution in [3.8, 4) is 0 Å². The monoisotopic (exact) mass is 676 g/mol. The molecule has 2 saturated heterocycles. The van der Waals surface area contributed by atoms with Crippen LogP contribution in [-0.2, 0) is 11.0 Å². The summed E-state index contributed by atoms with van der Waals surface area (Å²) in [4.78, 5) is 19.0. The average molecular weight is 678 g/mol. The largest absolute Gasteiger partial charge is 0.385 e. The van der Waals surface area contributed by atoms with Gasteiger partial charge in [-0.2, -0.15) is 0 Å². The number of carbonyl (C=O) groups is 1. The van der Waals surface area contributed by atoms with Gasteiger partial charge in [0.25, 0.3) is 0 Å². The van der Waals surface area contributed by atoms with E-state index in [0.29, 0.717) is 15.6 Å². The van der Waals surface area contributed by atoms with Crippen LogP contribution in [0.3, 0.4) is 0 Å². The number of halogens is 2. The third-order valence-corrected chi connectivity index (χ3v) is 11.5. The highest BCUT2D eigenvalue weighted by molar-refractivity contribution is 6.42. The van der Waals surface area contributed by atoms with E-state index in [2.05, 4.69) is 40.1 Å². The standard InChI is InChI=1S/C42H42Cl2N2O2/c43-37-19-18-35(29-38(37)44)41(20-8-24-45-26-22-42(48,23-27-45)34-12-2-1-3-13-34)21-9-25-46(30-41)39-15-7-6-14-36(39)40(47)33-17-16-31-10-4-5-11-32(31)28-33/h1-7,10-19,28-29,48H,8-9,20-27,30H2/t41-/m0/s1. The van der Waals surface area contributed by atoms with Crippen molar-refractivity contribution in [1.29, 1.82) is 0 Å². The lowest BCUT2D eigenvalue weighted by atomic mass is 9.70. The molecule has 6 heteroatoms. The van der Waals surface area contributed by atoms with Gasteiger partial charge in [0.05, 0.1) is 15.6 Å². The molecule has 0 radical (unpaired) electrons. The van der Waals surface area contributed by atoms with Crippen LogP contribution in [0.2, 0.25) is 10.0 Å². The first kappa shape index (κ1) is 32.9. The molecule has 2 heterocycles. The number of likely N-dealkylation sites (tertiary alicyclic amines) is 1. The van der Waals surface area contributed by atoms with Crippen molar-refractivity contribution in [2.75, 3.05) is 37.6 Å². The highest BCUT2D eigenvalue weighted by Crippen LogP contribution is 2.43. The molecular weight excluding hydrogens is 635 g/mol. The van der Waals surface area contributed by atoms with E-state index in [0.717, 1.165) is 98.8 Å². The summed E-state index contributed by atoms with van der Waals surface area (Å²) in [5, 5.41) is 14.7. The molecule has 0 amide bonds. The van der Waals surface area contributed by atoms with Crippen molar-refractivity contribution in [2.24, 2.45) is 0 Å². The number of hydrogen-bond acceptors (Lipinski definition) is 4. The number of nitrogens with zero attached hydrogens (tertiary/aromatic N) is 2. The van der Waals surface area contributed by atoms with Gasteiger partial charge in [-0.25, -0.2) is 0 Å². The number of rotatable bonds is 9. The summed E-state index contributed by atoms with van der Waals surface area (Å²) < 4.78 is 0. The van der Waals surface area contributed by atoms with E-state index in [4.69, 9.17) is 23.2 Å². The number of fused-ring (bicyclic) bond motifs is 1. The quantitative estimate of drug-likeness (QED) is 0.158. The van der Waals surface area contributed by atoms with Gasteiger partial charge in [0.1, 0.15) is 0 Å². The van der Waals surface area contributed by atoms with Gasteiger partial charge in [-0.3, -0.25) is 4.79 Å². The Hall–Kier alpha value is -3.67. The fourth-order valence-corrected chi connectivity index (χ4v) is 8.30. The van der Waals surface area contributed by atoms with Gasteiger partial charge >= 0.3 is 0 Å². The second-order valence-corrected chi connectivity index (χ2v) is 14.5. The third-order valence-electron chi connectivity index (χ3n) is 10.7.